The number of nitrogens with one attached hydrogen (secondary N) is 2. The minimum absolute atomic E-state index is 0.0949. The first-order valence-corrected chi connectivity index (χ1v) is 8.50. The predicted molar refractivity (Wildman–Crippen MR) is 86.7 cm³/mol. The van der Waals surface area contributed by atoms with Crippen LogP contribution in [-0.4, -0.2) is 36.2 Å². The van der Waals surface area contributed by atoms with Crippen molar-refractivity contribution < 1.29 is 14.3 Å². The highest BCUT2D eigenvalue weighted by Crippen LogP contribution is 2.36. The molecule has 0 radical (unpaired) electrons. The van der Waals surface area contributed by atoms with Crippen LogP contribution in [0.15, 0.2) is 18.2 Å². The van der Waals surface area contributed by atoms with Gasteiger partial charge in [0, 0.05) is 11.6 Å². The smallest absolute Gasteiger partial charge is 0.251 e. The van der Waals surface area contributed by atoms with Gasteiger partial charge in [0.15, 0.2) is 0 Å². The maximum absolute atomic E-state index is 13.2. The van der Waals surface area contributed by atoms with Crippen molar-refractivity contribution in [2.75, 3.05) is 13.1 Å². The molecule has 3 N–H and O–H groups in total. The summed E-state index contributed by atoms with van der Waals surface area (Å²) in [6, 6.07) is 4.36. The molecule has 0 unspecified atom stereocenters. The van der Waals surface area contributed by atoms with Crippen molar-refractivity contribution in [3.8, 4) is 0 Å². The van der Waals surface area contributed by atoms with Crippen molar-refractivity contribution in [3.05, 3.63) is 35.1 Å². The topological polar surface area (TPSA) is 61.4 Å². The van der Waals surface area contributed by atoms with E-state index in [0.717, 1.165) is 38.8 Å². The zero-order chi connectivity index (χ0) is 16.4. The lowest BCUT2D eigenvalue weighted by molar-refractivity contribution is 0.00918. The average molecular weight is 320 g/mol. The number of carbonyl (C=O) groups is 1. The SMILES string of the molecule is Cc1cc(F)ccc1C(=O)N[C@@H](C1CCNCC1)C1CC(O)C1. The molecule has 1 heterocycles. The fraction of sp³-hybridized carbons (Fsp3) is 0.611. The standard InChI is InChI=1S/C18H25FN2O2/c1-11-8-14(19)2-3-16(11)18(23)21-17(13-9-15(22)10-13)12-4-6-20-7-5-12/h2-3,8,12-13,15,17,20,22H,4-7,9-10H2,1H3,(H,21,23)/t13?,15?,17-/m0/s1. The quantitative estimate of drug-likeness (QED) is 0.795. The van der Waals surface area contributed by atoms with E-state index in [2.05, 4.69) is 10.6 Å². The van der Waals surface area contributed by atoms with Gasteiger partial charge in [0.25, 0.3) is 5.91 Å². The van der Waals surface area contributed by atoms with E-state index in [0.29, 0.717) is 23.0 Å². The van der Waals surface area contributed by atoms with E-state index < -0.39 is 0 Å². The monoisotopic (exact) mass is 320 g/mol. The van der Waals surface area contributed by atoms with Gasteiger partial charge in [0.1, 0.15) is 5.82 Å². The molecule has 0 aromatic heterocycles. The summed E-state index contributed by atoms with van der Waals surface area (Å²) >= 11 is 0. The van der Waals surface area contributed by atoms with Crippen LogP contribution in [0.5, 0.6) is 0 Å². The molecule has 1 atom stereocenters. The predicted octanol–water partition coefficient (Wildman–Crippen LogP) is 2.00. The highest BCUT2D eigenvalue weighted by Gasteiger charge is 2.39. The molecule has 1 aliphatic heterocycles. The third-order valence-corrected chi connectivity index (χ3v) is 5.28. The molecule has 1 saturated heterocycles. The molecule has 1 aromatic rings. The molecule has 1 saturated carbocycles. The number of amides is 1. The number of benzene rings is 1. The molecule has 5 heteroatoms. The summed E-state index contributed by atoms with van der Waals surface area (Å²) in [6.07, 6.45) is 3.38. The Morgan fingerprint density at radius 1 is 1.30 bits per heavy atom. The Kier molecular flexibility index (Phi) is 4.97. The fourth-order valence-electron chi connectivity index (χ4n) is 3.86. The molecular formula is C18H25FN2O2. The largest absolute Gasteiger partial charge is 0.393 e. The Morgan fingerprint density at radius 3 is 2.61 bits per heavy atom. The number of hydrogen-bond donors (Lipinski definition) is 3. The van der Waals surface area contributed by atoms with E-state index in [9.17, 15) is 14.3 Å². The number of hydrogen-bond acceptors (Lipinski definition) is 3. The zero-order valence-corrected chi connectivity index (χ0v) is 13.5. The lowest BCUT2D eigenvalue weighted by atomic mass is 9.71. The summed E-state index contributed by atoms with van der Waals surface area (Å²) < 4.78 is 13.2. The molecule has 2 fully saturated rings. The lowest BCUT2D eigenvalue weighted by Crippen LogP contribution is -2.53. The van der Waals surface area contributed by atoms with Gasteiger partial charge < -0.3 is 15.7 Å². The first-order chi connectivity index (χ1) is 11.0. The van der Waals surface area contributed by atoms with Crippen molar-refractivity contribution >= 4 is 5.91 Å². The van der Waals surface area contributed by atoms with Crippen LogP contribution >= 0.6 is 0 Å². The second-order valence-electron chi connectivity index (χ2n) is 6.93. The summed E-state index contributed by atoms with van der Waals surface area (Å²) in [5.74, 6) is 0.333. The second kappa shape index (κ2) is 6.97. The number of halogens is 1. The summed E-state index contributed by atoms with van der Waals surface area (Å²) in [6.45, 7) is 3.70. The zero-order valence-electron chi connectivity index (χ0n) is 13.5. The van der Waals surface area contributed by atoms with Gasteiger partial charge in [-0.2, -0.15) is 0 Å². The highest BCUT2D eigenvalue weighted by molar-refractivity contribution is 5.95. The van der Waals surface area contributed by atoms with Crippen molar-refractivity contribution in [1.29, 1.82) is 0 Å². The van der Waals surface area contributed by atoms with Crippen LogP contribution in [0.2, 0.25) is 0 Å². The van der Waals surface area contributed by atoms with Gasteiger partial charge in [-0.3, -0.25) is 4.79 Å². The normalized spacial score (nSPS) is 26.4. The first kappa shape index (κ1) is 16.4. The van der Waals surface area contributed by atoms with Gasteiger partial charge in [-0.05, 0) is 81.3 Å². The molecule has 23 heavy (non-hydrogen) atoms. The highest BCUT2D eigenvalue weighted by atomic mass is 19.1. The minimum Gasteiger partial charge on any atom is -0.393 e. The van der Waals surface area contributed by atoms with Crippen LogP contribution in [0.4, 0.5) is 4.39 Å². The molecule has 1 aliphatic carbocycles. The molecular weight excluding hydrogens is 295 g/mol. The summed E-state index contributed by atoms with van der Waals surface area (Å²) in [7, 11) is 0. The summed E-state index contributed by atoms with van der Waals surface area (Å²) in [5, 5.41) is 16.2. The second-order valence-corrected chi connectivity index (χ2v) is 6.93. The van der Waals surface area contributed by atoms with Gasteiger partial charge in [-0.15, -0.1) is 0 Å². The molecule has 1 amide bonds. The Balaban J connectivity index is 1.73. The number of aliphatic hydroxyl groups is 1. The van der Waals surface area contributed by atoms with Crippen LogP contribution in [0.1, 0.15) is 41.6 Å². The van der Waals surface area contributed by atoms with Crippen LogP contribution in [0.25, 0.3) is 0 Å². The van der Waals surface area contributed by atoms with Gasteiger partial charge in [0.2, 0.25) is 0 Å². The average Bonchev–Trinajstić information content (AvgIpc) is 2.50. The van der Waals surface area contributed by atoms with E-state index in [1.54, 1.807) is 13.0 Å². The molecule has 0 spiro atoms. The van der Waals surface area contributed by atoms with Crippen molar-refractivity contribution in [1.82, 2.24) is 10.6 Å². The van der Waals surface area contributed by atoms with Gasteiger partial charge >= 0.3 is 0 Å². The van der Waals surface area contributed by atoms with E-state index >= 15 is 0 Å². The minimum atomic E-state index is -0.323. The number of aryl methyl sites for hydroxylation is 1. The third-order valence-electron chi connectivity index (χ3n) is 5.28. The van der Waals surface area contributed by atoms with E-state index in [1.165, 1.54) is 12.1 Å². The van der Waals surface area contributed by atoms with Crippen LogP contribution in [-0.2, 0) is 0 Å². The fourth-order valence-corrected chi connectivity index (χ4v) is 3.86. The maximum Gasteiger partial charge on any atom is 0.251 e. The number of piperidine rings is 1. The van der Waals surface area contributed by atoms with E-state index in [-0.39, 0.29) is 23.9 Å². The summed E-state index contributed by atoms with van der Waals surface area (Å²) in [4.78, 5) is 12.6. The van der Waals surface area contributed by atoms with Crippen molar-refractivity contribution in [2.24, 2.45) is 11.8 Å². The maximum atomic E-state index is 13.2. The molecule has 3 rings (SSSR count). The van der Waals surface area contributed by atoms with Gasteiger partial charge in [-0.25, -0.2) is 4.39 Å². The Labute approximate surface area is 136 Å². The van der Waals surface area contributed by atoms with Crippen LogP contribution < -0.4 is 10.6 Å². The van der Waals surface area contributed by atoms with Crippen molar-refractivity contribution in [2.45, 2.75) is 44.8 Å². The Hall–Kier alpha value is -1.46. The van der Waals surface area contributed by atoms with E-state index in [1.807, 2.05) is 0 Å². The molecule has 4 nitrogen and oxygen atoms in total. The third kappa shape index (κ3) is 3.72. The first-order valence-electron chi connectivity index (χ1n) is 8.50. The van der Waals surface area contributed by atoms with E-state index in [4.69, 9.17) is 0 Å². The molecule has 2 aliphatic rings. The van der Waals surface area contributed by atoms with Gasteiger partial charge in [-0.1, -0.05) is 0 Å². The number of carbonyl (C=O) groups excluding carboxylic acids is 1. The van der Waals surface area contributed by atoms with Crippen molar-refractivity contribution in [3.63, 3.8) is 0 Å². The Morgan fingerprint density at radius 2 is 2.00 bits per heavy atom. The molecule has 1 aromatic carbocycles. The van der Waals surface area contributed by atoms with Crippen LogP contribution in [0, 0.1) is 24.6 Å². The number of rotatable bonds is 4. The summed E-state index contributed by atoms with van der Waals surface area (Å²) in [5.41, 5.74) is 1.19. The number of aliphatic hydroxyl groups excluding tert-OH is 1. The Bertz CT molecular complexity index is 566. The van der Waals surface area contributed by atoms with Crippen LogP contribution in [0.3, 0.4) is 0 Å². The molecule has 0 bridgehead atoms. The molecule has 126 valence electrons. The van der Waals surface area contributed by atoms with Gasteiger partial charge in [0.05, 0.1) is 6.10 Å². The lowest BCUT2D eigenvalue weighted by Gasteiger charge is -2.43.